The number of ether oxygens (including phenoxy) is 1. The molecule has 0 aliphatic rings. The van der Waals surface area contributed by atoms with Gasteiger partial charge in [-0.3, -0.25) is 4.79 Å². The number of nitrogens with one attached hydrogen (secondary N) is 1. The van der Waals surface area contributed by atoms with Crippen molar-refractivity contribution in [1.82, 2.24) is 5.32 Å². The molecule has 1 rings (SSSR count). The van der Waals surface area contributed by atoms with Crippen molar-refractivity contribution in [2.24, 2.45) is 5.73 Å². The molecule has 0 fully saturated rings. The Morgan fingerprint density at radius 2 is 1.83 bits per heavy atom. The first-order valence-corrected chi connectivity index (χ1v) is 6.17. The monoisotopic (exact) mass is 250 g/mol. The fourth-order valence-electron chi connectivity index (χ4n) is 1.68. The normalized spacial score (nSPS) is 13.8. The van der Waals surface area contributed by atoms with Crippen LogP contribution in [0.2, 0.25) is 0 Å². The summed E-state index contributed by atoms with van der Waals surface area (Å²) in [5.41, 5.74) is 7.69. The average molecular weight is 250 g/mol. The Labute approximate surface area is 109 Å². The SMILES string of the molecule is Cc1cc(C)cc(OC(C)C(=O)NC(C)CN)c1. The van der Waals surface area contributed by atoms with Gasteiger partial charge in [0.2, 0.25) is 0 Å². The van der Waals surface area contributed by atoms with Gasteiger partial charge < -0.3 is 15.8 Å². The van der Waals surface area contributed by atoms with Crippen molar-refractivity contribution in [1.29, 1.82) is 0 Å². The van der Waals surface area contributed by atoms with Gasteiger partial charge in [-0.05, 0) is 51.0 Å². The Kier molecular flexibility index (Phi) is 5.16. The number of nitrogens with two attached hydrogens (primary N) is 1. The Hall–Kier alpha value is -1.55. The van der Waals surface area contributed by atoms with E-state index in [-0.39, 0.29) is 11.9 Å². The minimum Gasteiger partial charge on any atom is -0.481 e. The molecule has 0 saturated carbocycles. The molecular weight excluding hydrogens is 228 g/mol. The van der Waals surface area contributed by atoms with Gasteiger partial charge in [0.1, 0.15) is 5.75 Å². The number of benzene rings is 1. The van der Waals surface area contributed by atoms with Gasteiger partial charge in [0.05, 0.1) is 0 Å². The average Bonchev–Trinajstić information content (AvgIpc) is 2.27. The molecule has 100 valence electrons. The van der Waals surface area contributed by atoms with Gasteiger partial charge in [0.15, 0.2) is 6.10 Å². The van der Waals surface area contributed by atoms with Crippen LogP contribution >= 0.6 is 0 Å². The van der Waals surface area contributed by atoms with E-state index >= 15 is 0 Å². The lowest BCUT2D eigenvalue weighted by atomic mass is 10.1. The predicted molar refractivity (Wildman–Crippen MR) is 72.7 cm³/mol. The summed E-state index contributed by atoms with van der Waals surface area (Å²) >= 11 is 0. The Balaban J connectivity index is 2.63. The number of carbonyl (C=O) groups is 1. The lowest BCUT2D eigenvalue weighted by Gasteiger charge is -2.18. The van der Waals surface area contributed by atoms with E-state index < -0.39 is 6.10 Å². The summed E-state index contributed by atoms with van der Waals surface area (Å²) in [6, 6.07) is 5.86. The molecule has 0 saturated heterocycles. The molecule has 0 spiro atoms. The number of amides is 1. The fourth-order valence-corrected chi connectivity index (χ4v) is 1.68. The highest BCUT2D eigenvalue weighted by molar-refractivity contribution is 5.81. The molecular formula is C14H22N2O2. The minimum absolute atomic E-state index is 0.0391. The highest BCUT2D eigenvalue weighted by Crippen LogP contribution is 2.17. The highest BCUT2D eigenvalue weighted by Gasteiger charge is 2.16. The lowest BCUT2D eigenvalue weighted by molar-refractivity contribution is -0.127. The summed E-state index contributed by atoms with van der Waals surface area (Å²) in [4.78, 5) is 11.8. The summed E-state index contributed by atoms with van der Waals surface area (Å²) < 4.78 is 5.63. The molecule has 1 amide bonds. The highest BCUT2D eigenvalue weighted by atomic mass is 16.5. The summed E-state index contributed by atoms with van der Waals surface area (Å²) in [6.07, 6.45) is -0.528. The molecule has 0 aliphatic carbocycles. The zero-order valence-corrected chi connectivity index (χ0v) is 11.5. The van der Waals surface area contributed by atoms with Crippen LogP contribution in [0.5, 0.6) is 5.75 Å². The van der Waals surface area contributed by atoms with E-state index in [2.05, 4.69) is 11.4 Å². The maximum atomic E-state index is 11.8. The van der Waals surface area contributed by atoms with Gasteiger partial charge in [0.25, 0.3) is 5.91 Å². The predicted octanol–water partition coefficient (Wildman–Crippen LogP) is 1.53. The molecule has 2 unspecified atom stereocenters. The molecule has 0 bridgehead atoms. The van der Waals surface area contributed by atoms with Crippen LogP contribution in [0.3, 0.4) is 0 Å². The summed E-state index contributed by atoms with van der Waals surface area (Å²) in [5, 5.41) is 2.79. The Morgan fingerprint density at radius 1 is 1.28 bits per heavy atom. The van der Waals surface area contributed by atoms with Gasteiger partial charge >= 0.3 is 0 Å². The van der Waals surface area contributed by atoms with Crippen molar-refractivity contribution in [2.75, 3.05) is 6.54 Å². The molecule has 0 aliphatic heterocycles. The van der Waals surface area contributed by atoms with E-state index in [1.165, 1.54) is 0 Å². The minimum atomic E-state index is -0.528. The van der Waals surface area contributed by atoms with Crippen molar-refractivity contribution >= 4 is 5.91 Å². The first kappa shape index (κ1) is 14.5. The van der Waals surface area contributed by atoms with Gasteiger partial charge in [-0.2, -0.15) is 0 Å². The zero-order chi connectivity index (χ0) is 13.7. The van der Waals surface area contributed by atoms with Crippen LogP contribution in [0.15, 0.2) is 18.2 Å². The van der Waals surface area contributed by atoms with E-state index in [0.29, 0.717) is 6.54 Å². The van der Waals surface area contributed by atoms with Gasteiger partial charge in [0, 0.05) is 12.6 Å². The van der Waals surface area contributed by atoms with Crippen molar-refractivity contribution in [3.8, 4) is 5.75 Å². The topological polar surface area (TPSA) is 64.3 Å². The Bertz CT molecular complexity index is 398. The van der Waals surface area contributed by atoms with Gasteiger partial charge in [-0.1, -0.05) is 6.07 Å². The van der Waals surface area contributed by atoms with E-state index in [4.69, 9.17) is 10.5 Å². The van der Waals surface area contributed by atoms with Crippen LogP contribution < -0.4 is 15.8 Å². The first-order chi connectivity index (χ1) is 8.42. The largest absolute Gasteiger partial charge is 0.481 e. The van der Waals surface area contributed by atoms with Crippen molar-refractivity contribution in [3.05, 3.63) is 29.3 Å². The first-order valence-electron chi connectivity index (χ1n) is 6.17. The third-order valence-corrected chi connectivity index (χ3v) is 2.62. The molecule has 0 radical (unpaired) electrons. The Morgan fingerprint density at radius 3 is 2.33 bits per heavy atom. The van der Waals surface area contributed by atoms with Crippen molar-refractivity contribution in [2.45, 2.75) is 39.8 Å². The smallest absolute Gasteiger partial charge is 0.261 e. The van der Waals surface area contributed by atoms with Crippen LogP contribution in [0, 0.1) is 13.8 Å². The fraction of sp³-hybridized carbons (Fsp3) is 0.500. The molecule has 2 atom stereocenters. The standard InChI is InChI=1S/C14H22N2O2/c1-9-5-10(2)7-13(6-9)18-12(4)14(17)16-11(3)8-15/h5-7,11-12H,8,15H2,1-4H3,(H,16,17). The molecule has 1 aromatic rings. The molecule has 1 aromatic carbocycles. The second-order valence-corrected chi connectivity index (χ2v) is 4.73. The molecule has 0 heterocycles. The number of hydrogen-bond donors (Lipinski definition) is 2. The van der Waals surface area contributed by atoms with Crippen molar-refractivity contribution < 1.29 is 9.53 Å². The van der Waals surface area contributed by atoms with E-state index in [1.54, 1.807) is 6.92 Å². The summed E-state index contributed by atoms with van der Waals surface area (Å²) in [5.74, 6) is 0.572. The van der Waals surface area contributed by atoms with Crippen molar-refractivity contribution in [3.63, 3.8) is 0 Å². The van der Waals surface area contributed by atoms with Crippen LogP contribution in [0.4, 0.5) is 0 Å². The maximum absolute atomic E-state index is 11.8. The summed E-state index contributed by atoms with van der Waals surface area (Å²) in [6.45, 7) is 8.02. The van der Waals surface area contributed by atoms with E-state index in [0.717, 1.165) is 16.9 Å². The molecule has 4 heteroatoms. The quantitative estimate of drug-likeness (QED) is 0.833. The summed E-state index contributed by atoms with van der Waals surface area (Å²) in [7, 11) is 0. The van der Waals surface area contributed by atoms with E-state index in [1.807, 2.05) is 32.9 Å². The molecule has 0 aromatic heterocycles. The molecule has 4 nitrogen and oxygen atoms in total. The van der Waals surface area contributed by atoms with Gasteiger partial charge in [-0.25, -0.2) is 0 Å². The van der Waals surface area contributed by atoms with Crippen LogP contribution in [0.1, 0.15) is 25.0 Å². The molecule has 3 N–H and O–H groups in total. The number of carbonyl (C=O) groups excluding carboxylic acids is 1. The number of hydrogen-bond acceptors (Lipinski definition) is 3. The second kappa shape index (κ2) is 6.40. The van der Waals surface area contributed by atoms with Crippen LogP contribution in [-0.4, -0.2) is 24.6 Å². The number of aryl methyl sites for hydroxylation is 2. The van der Waals surface area contributed by atoms with Crippen LogP contribution in [0.25, 0.3) is 0 Å². The van der Waals surface area contributed by atoms with E-state index in [9.17, 15) is 4.79 Å². The maximum Gasteiger partial charge on any atom is 0.261 e. The number of rotatable bonds is 5. The second-order valence-electron chi connectivity index (χ2n) is 4.73. The third-order valence-electron chi connectivity index (χ3n) is 2.62. The lowest BCUT2D eigenvalue weighted by Crippen LogP contribution is -2.44. The molecule has 18 heavy (non-hydrogen) atoms. The third kappa shape index (κ3) is 4.37. The zero-order valence-electron chi connectivity index (χ0n) is 11.5. The van der Waals surface area contributed by atoms with Gasteiger partial charge in [-0.15, -0.1) is 0 Å². The van der Waals surface area contributed by atoms with Crippen LogP contribution in [-0.2, 0) is 4.79 Å².